The number of rotatable bonds is 6. The van der Waals surface area contributed by atoms with E-state index in [4.69, 9.17) is 0 Å². The molecule has 0 aromatic carbocycles. The fraction of sp³-hybridized carbons (Fsp3) is 0.667. The maximum Gasteiger partial charge on any atom is 0.334 e. The molecule has 2 aliphatic rings. The molecule has 0 bridgehead atoms. The second kappa shape index (κ2) is 7.89. The van der Waals surface area contributed by atoms with E-state index in [1.54, 1.807) is 0 Å². The van der Waals surface area contributed by atoms with Crippen LogP contribution in [0.15, 0.2) is 0 Å². The minimum absolute atomic E-state index is 0.278. The highest BCUT2D eigenvalue weighted by atomic mass is 16.2. The van der Waals surface area contributed by atoms with Crippen molar-refractivity contribution >= 4 is 29.8 Å². The van der Waals surface area contributed by atoms with Crippen molar-refractivity contribution in [3.63, 3.8) is 0 Å². The first-order chi connectivity index (χ1) is 11.5. The number of hydrogen-bond donors (Lipinski definition) is 2. The highest BCUT2D eigenvalue weighted by molar-refractivity contribution is 6.45. The van der Waals surface area contributed by atoms with Crippen molar-refractivity contribution in [2.75, 3.05) is 13.1 Å². The lowest BCUT2D eigenvalue weighted by molar-refractivity contribution is -0.144. The van der Waals surface area contributed by atoms with E-state index in [2.05, 4.69) is 5.32 Å². The molecule has 1 aliphatic carbocycles. The number of amides is 7. The molecule has 2 rings (SSSR count). The molecule has 2 fully saturated rings. The molecule has 0 spiro atoms. The average Bonchev–Trinajstić information content (AvgIpc) is 3.11. The van der Waals surface area contributed by atoms with Crippen LogP contribution in [0.3, 0.4) is 0 Å². The molecule has 1 heterocycles. The van der Waals surface area contributed by atoms with Gasteiger partial charge >= 0.3 is 23.9 Å². The summed E-state index contributed by atoms with van der Waals surface area (Å²) < 4.78 is 0. The van der Waals surface area contributed by atoms with Crippen molar-refractivity contribution in [1.29, 1.82) is 0 Å². The number of carbonyl (C=O) groups excluding carboxylic acids is 5. The van der Waals surface area contributed by atoms with Crippen LogP contribution in [0.1, 0.15) is 45.4 Å². The summed E-state index contributed by atoms with van der Waals surface area (Å²) in [6, 6.07) is -1.75. The summed E-state index contributed by atoms with van der Waals surface area (Å²) in [5, 5.41) is 4.53. The van der Waals surface area contributed by atoms with E-state index in [9.17, 15) is 24.0 Å². The lowest BCUT2D eigenvalue weighted by atomic mass is 10.2. The maximum atomic E-state index is 12.3. The smallest absolute Gasteiger partial charge is 0.334 e. The first kappa shape index (κ1) is 17.9. The lowest BCUT2D eigenvalue weighted by Gasteiger charge is -2.20. The van der Waals surface area contributed by atoms with Gasteiger partial charge in [0.05, 0.1) is 0 Å². The summed E-state index contributed by atoms with van der Waals surface area (Å²) in [4.78, 5) is 61.1. The molecule has 1 saturated heterocycles. The number of nitrogens with zero attached hydrogens (tertiary/aromatic N) is 2. The standard InChI is InChI=1S/C15H22N4O5/c1-2-3-8-16-14(23)17-11(20)9-18-12(21)13(22)19(15(18)24)10-6-4-5-7-10/h10H,2-9H2,1H3,(H2,16,17,20,23). The molecule has 132 valence electrons. The van der Waals surface area contributed by atoms with Gasteiger partial charge in [-0.05, 0) is 19.3 Å². The van der Waals surface area contributed by atoms with Crippen LogP contribution in [0.5, 0.6) is 0 Å². The summed E-state index contributed by atoms with van der Waals surface area (Å²) in [5.41, 5.74) is 0. The van der Waals surface area contributed by atoms with Gasteiger partial charge in [0.2, 0.25) is 5.91 Å². The van der Waals surface area contributed by atoms with Crippen molar-refractivity contribution in [2.45, 2.75) is 51.5 Å². The van der Waals surface area contributed by atoms with Crippen LogP contribution in [0, 0.1) is 0 Å². The van der Waals surface area contributed by atoms with Crippen molar-refractivity contribution in [1.82, 2.24) is 20.4 Å². The Hall–Kier alpha value is -2.45. The van der Waals surface area contributed by atoms with E-state index in [1.165, 1.54) is 0 Å². The Morgan fingerprint density at radius 2 is 1.79 bits per heavy atom. The van der Waals surface area contributed by atoms with E-state index in [-0.39, 0.29) is 6.04 Å². The first-order valence-electron chi connectivity index (χ1n) is 8.22. The minimum Gasteiger partial charge on any atom is -0.338 e. The Balaban J connectivity index is 1.90. The van der Waals surface area contributed by atoms with Crippen LogP contribution < -0.4 is 10.6 Å². The molecular formula is C15H22N4O5. The third-order valence-electron chi connectivity index (χ3n) is 4.14. The van der Waals surface area contributed by atoms with E-state index >= 15 is 0 Å². The monoisotopic (exact) mass is 338 g/mol. The number of hydrogen-bond acceptors (Lipinski definition) is 5. The molecule has 1 aliphatic heterocycles. The van der Waals surface area contributed by atoms with Crippen LogP contribution in [0.25, 0.3) is 0 Å². The van der Waals surface area contributed by atoms with Gasteiger partial charge in [-0.3, -0.25) is 24.6 Å². The van der Waals surface area contributed by atoms with Gasteiger partial charge in [-0.15, -0.1) is 0 Å². The van der Waals surface area contributed by atoms with E-state index in [0.717, 1.165) is 30.6 Å². The average molecular weight is 338 g/mol. The van der Waals surface area contributed by atoms with Crippen molar-refractivity contribution in [2.24, 2.45) is 0 Å². The Bertz CT molecular complexity index is 556. The van der Waals surface area contributed by atoms with E-state index in [1.807, 2.05) is 12.2 Å². The third kappa shape index (κ3) is 3.90. The zero-order valence-electron chi connectivity index (χ0n) is 13.7. The normalized spacial score (nSPS) is 18.5. The number of carbonyl (C=O) groups is 5. The zero-order valence-corrected chi connectivity index (χ0v) is 13.7. The summed E-state index contributed by atoms with van der Waals surface area (Å²) in [5.74, 6) is -2.73. The number of imide groups is 3. The molecule has 0 radical (unpaired) electrons. The molecule has 0 aromatic rings. The van der Waals surface area contributed by atoms with Gasteiger partial charge in [0.15, 0.2) is 0 Å². The Morgan fingerprint density at radius 1 is 1.12 bits per heavy atom. The quantitative estimate of drug-likeness (QED) is 0.412. The van der Waals surface area contributed by atoms with Gasteiger partial charge in [0.1, 0.15) is 6.54 Å². The van der Waals surface area contributed by atoms with Gasteiger partial charge < -0.3 is 5.32 Å². The van der Waals surface area contributed by atoms with Crippen LogP contribution in [-0.4, -0.2) is 58.7 Å². The third-order valence-corrected chi connectivity index (χ3v) is 4.14. The Labute approximate surface area is 139 Å². The van der Waals surface area contributed by atoms with Gasteiger partial charge in [0, 0.05) is 12.6 Å². The summed E-state index contributed by atoms with van der Waals surface area (Å²) >= 11 is 0. The van der Waals surface area contributed by atoms with Crippen LogP contribution in [-0.2, 0) is 14.4 Å². The van der Waals surface area contributed by atoms with Gasteiger partial charge in [-0.1, -0.05) is 26.2 Å². The number of unbranched alkanes of at least 4 members (excludes halogenated alkanes) is 1. The SMILES string of the molecule is CCCCNC(=O)NC(=O)CN1C(=O)C(=O)N(C2CCCC2)C1=O. The topological polar surface area (TPSA) is 116 Å². The molecule has 0 aromatic heterocycles. The molecule has 9 heteroatoms. The maximum absolute atomic E-state index is 12.3. The number of urea groups is 2. The van der Waals surface area contributed by atoms with Crippen molar-refractivity contribution in [3.8, 4) is 0 Å². The Kier molecular flexibility index (Phi) is 5.88. The fourth-order valence-corrected chi connectivity index (χ4v) is 2.88. The van der Waals surface area contributed by atoms with Crippen LogP contribution >= 0.6 is 0 Å². The molecular weight excluding hydrogens is 316 g/mol. The highest BCUT2D eigenvalue weighted by Gasteiger charge is 2.48. The fourth-order valence-electron chi connectivity index (χ4n) is 2.88. The second-order valence-corrected chi connectivity index (χ2v) is 5.94. The van der Waals surface area contributed by atoms with Gasteiger partial charge in [0.25, 0.3) is 0 Å². The van der Waals surface area contributed by atoms with Crippen LogP contribution in [0.2, 0.25) is 0 Å². The molecule has 0 unspecified atom stereocenters. The highest BCUT2D eigenvalue weighted by Crippen LogP contribution is 2.27. The first-order valence-corrected chi connectivity index (χ1v) is 8.22. The number of nitrogens with one attached hydrogen (secondary N) is 2. The summed E-state index contributed by atoms with van der Waals surface area (Å²) in [6.07, 6.45) is 4.80. The van der Waals surface area contributed by atoms with E-state index in [0.29, 0.717) is 24.3 Å². The molecule has 1 saturated carbocycles. The molecule has 0 atom stereocenters. The molecule has 2 N–H and O–H groups in total. The van der Waals surface area contributed by atoms with Crippen LogP contribution in [0.4, 0.5) is 9.59 Å². The summed E-state index contributed by atoms with van der Waals surface area (Å²) in [7, 11) is 0. The zero-order chi connectivity index (χ0) is 17.7. The molecule has 9 nitrogen and oxygen atoms in total. The summed E-state index contributed by atoms with van der Waals surface area (Å²) in [6.45, 7) is 1.74. The van der Waals surface area contributed by atoms with E-state index < -0.39 is 36.3 Å². The predicted molar refractivity (Wildman–Crippen MR) is 82.7 cm³/mol. The van der Waals surface area contributed by atoms with Crippen molar-refractivity contribution in [3.05, 3.63) is 0 Å². The van der Waals surface area contributed by atoms with Gasteiger partial charge in [-0.25, -0.2) is 14.5 Å². The van der Waals surface area contributed by atoms with Crippen molar-refractivity contribution < 1.29 is 24.0 Å². The predicted octanol–water partition coefficient (Wildman–Crippen LogP) is 0.346. The van der Waals surface area contributed by atoms with Gasteiger partial charge in [-0.2, -0.15) is 0 Å². The lowest BCUT2D eigenvalue weighted by Crippen LogP contribution is -2.47. The molecule has 24 heavy (non-hydrogen) atoms. The largest absolute Gasteiger partial charge is 0.338 e. The Morgan fingerprint density at radius 3 is 2.42 bits per heavy atom. The second-order valence-electron chi connectivity index (χ2n) is 5.94. The minimum atomic E-state index is -1.02. The molecule has 7 amide bonds.